The summed E-state index contributed by atoms with van der Waals surface area (Å²) in [5.74, 6) is -0.0854. The van der Waals surface area contributed by atoms with E-state index in [0.717, 1.165) is 32.0 Å². The molecule has 1 heterocycles. The normalized spacial score (nSPS) is 20.7. The summed E-state index contributed by atoms with van der Waals surface area (Å²) >= 11 is 0. The molecule has 1 aromatic rings. The maximum Gasteiger partial charge on any atom is 0.417 e. The molecule has 1 unspecified atom stereocenters. The zero-order valence-electron chi connectivity index (χ0n) is 11.7. The number of halogens is 3. The van der Waals surface area contributed by atoms with E-state index in [1.165, 1.54) is 6.07 Å². The van der Waals surface area contributed by atoms with E-state index in [1.807, 2.05) is 4.90 Å². The number of hydrogen-bond donors (Lipinski definition) is 2. The number of nitrogens with zero attached hydrogens (tertiary/aromatic N) is 2. The highest BCUT2D eigenvalue weighted by molar-refractivity contribution is 5.99. The minimum atomic E-state index is -4.55. The van der Waals surface area contributed by atoms with Gasteiger partial charge in [-0.3, -0.25) is 0 Å². The molecule has 1 atom stereocenters. The number of piperidine rings is 1. The number of amidine groups is 1. The molecule has 7 heteroatoms. The van der Waals surface area contributed by atoms with Crippen LogP contribution in [0.15, 0.2) is 23.4 Å². The molecule has 0 aliphatic carbocycles. The number of benzene rings is 1. The summed E-state index contributed by atoms with van der Waals surface area (Å²) in [5.41, 5.74) is 4.66. The van der Waals surface area contributed by atoms with Gasteiger partial charge in [-0.15, -0.1) is 0 Å². The van der Waals surface area contributed by atoms with Crippen molar-refractivity contribution in [2.75, 3.05) is 18.0 Å². The highest BCUT2D eigenvalue weighted by Gasteiger charge is 2.35. The molecule has 1 aliphatic rings. The third-order valence-corrected chi connectivity index (χ3v) is 3.71. The second-order valence-corrected chi connectivity index (χ2v) is 5.41. The van der Waals surface area contributed by atoms with Gasteiger partial charge < -0.3 is 15.8 Å². The minimum absolute atomic E-state index is 0.307. The molecule has 4 nitrogen and oxygen atoms in total. The highest BCUT2D eigenvalue weighted by atomic mass is 19.4. The molecule has 3 N–H and O–H groups in total. The lowest BCUT2D eigenvalue weighted by Gasteiger charge is -2.33. The Morgan fingerprint density at radius 3 is 2.71 bits per heavy atom. The first-order valence-electron chi connectivity index (χ1n) is 6.77. The van der Waals surface area contributed by atoms with E-state index < -0.39 is 17.6 Å². The van der Waals surface area contributed by atoms with E-state index in [2.05, 4.69) is 12.1 Å². The predicted octanol–water partition coefficient (Wildman–Crippen LogP) is 3.04. The highest BCUT2D eigenvalue weighted by Crippen LogP contribution is 2.35. The maximum atomic E-state index is 13.2. The Hall–Kier alpha value is -1.92. The number of nitrogens with two attached hydrogens (primary N) is 1. The zero-order chi connectivity index (χ0) is 15.6. The van der Waals surface area contributed by atoms with Crippen molar-refractivity contribution < 1.29 is 18.4 Å². The standard InChI is InChI=1S/C14H18F3N3O/c1-9-3-2-6-20(8-9)10-4-5-11(13(18)19-21)12(7-10)14(15,16)17/h4-5,7,9,21H,2-3,6,8H2,1H3,(H2,18,19). The monoisotopic (exact) mass is 301 g/mol. The predicted molar refractivity (Wildman–Crippen MR) is 74.6 cm³/mol. The lowest BCUT2D eigenvalue weighted by molar-refractivity contribution is -0.137. The summed E-state index contributed by atoms with van der Waals surface area (Å²) in [5, 5.41) is 11.3. The van der Waals surface area contributed by atoms with Gasteiger partial charge in [-0.1, -0.05) is 12.1 Å². The summed E-state index contributed by atoms with van der Waals surface area (Å²) < 4.78 is 39.5. The van der Waals surface area contributed by atoms with Gasteiger partial charge in [0.2, 0.25) is 0 Å². The first kappa shape index (κ1) is 15.5. The molecular weight excluding hydrogens is 283 g/mol. The second kappa shape index (κ2) is 5.83. The molecule has 0 amide bonds. The third kappa shape index (κ3) is 3.40. The van der Waals surface area contributed by atoms with Gasteiger partial charge in [-0.2, -0.15) is 13.2 Å². The summed E-state index contributed by atoms with van der Waals surface area (Å²) in [6.45, 7) is 3.56. The van der Waals surface area contributed by atoms with Crippen LogP contribution in [0.5, 0.6) is 0 Å². The number of alkyl halides is 3. The Kier molecular flexibility index (Phi) is 4.29. The summed E-state index contributed by atoms with van der Waals surface area (Å²) in [4.78, 5) is 1.94. The van der Waals surface area contributed by atoms with Crippen LogP contribution in [0.1, 0.15) is 30.9 Å². The average molecular weight is 301 g/mol. The van der Waals surface area contributed by atoms with E-state index in [4.69, 9.17) is 10.9 Å². The molecule has 1 saturated heterocycles. The summed E-state index contributed by atoms with van der Waals surface area (Å²) in [6.07, 6.45) is -2.50. The van der Waals surface area contributed by atoms with Crippen LogP contribution in [0.2, 0.25) is 0 Å². The van der Waals surface area contributed by atoms with E-state index in [0.29, 0.717) is 11.6 Å². The summed E-state index contributed by atoms with van der Waals surface area (Å²) in [6, 6.07) is 3.92. The van der Waals surface area contributed by atoms with Gasteiger partial charge in [0.25, 0.3) is 0 Å². The van der Waals surface area contributed by atoms with E-state index >= 15 is 0 Å². The first-order chi connectivity index (χ1) is 9.82. The van der Waals surface area contributed by atoms with E-state index in [-0.39, 0.29) is 5.56 Å². The Morgan fingerprint density at radius 2 is 2.14 bits per heavy atom. The van der Waals surface area contributed by atoms with Gasteiger partial charge in [-0.05, 0) is 37.0 Å². The molecular formula is C14H18F3N3O. The second-order valence-electron chi connectivity index (χ2n) is 5.41. The van der Waals surface area contributed by atoms with Crippen molar-refractivity contribution >= 4 is 11.5 Å². The van der Waals surface area contributed by atoms with Crippen LogP contribution in [0, 0.1) is 5.92 Å². The van der Waals surface area contributed by atoms with Crippen LogP contribution < -0.4 is 10.6 Å². The van der Waals surface area contributed by atoms with Crippen LogP contribution in [-0.4, -0.2) is 24.1 Å². The van der Waals surface area contributed by atoms with Gasteiger partial charge >= 0.3 is 6.18 Å². The Bertz CT molecular complexity index is 543. The van der Waals surface area contributed by atoms with Crippen LogP contribution in [0.25, 0.3) is 0 Å². The topological polar surface area (TPSA) is 61.8 Å². The Labute approximate surface area is 121 Å². The molecule has 2 rings (SSSR count). The van der Waals surface area contributed by atoms with Crippen LogP contribution in [-0.2, 0) is 6.18 Å². The average Bonchev–Trinajstić information content (AvgIpc) is 2.45. The smallest absolute Gasteiger partial charge is 0.409 e. The molecule has 0 radical (unpaired) electrons. The fraction of sp³-hybridized carbons (Fsp3) is 0.500. The van der Waals surface area contributed by atoms with Crippen molar-refractivity contribution in [3.05, 3.63) is 29.3 Å². The lowest BCUT2D eigenvalue weighted by Crippen LogP contribution is -2.34. The van der Waals surface area contributed by atoms with Gasteiger partial charge in [0.1, 0.15) is 0 Å². The Morgan fingerprint density at radius 1 is 1.43 bits per heavy atom. The summed E-state index contributed by atoms with van der Waals surface area (Å²) in [7, 11) is 0. The van der Waals surface area contributed by atoms with Gasteiger partial charge in [0, 0.05) is 24.3 Å². The molecule has 0 bridgehead atoms. The number of oxime groups is 1. The van der Waals surface area contributed by atoms with Crippen LogP contribution in [0.4, 0.5) is 18.9 Å². The van der Waals surface area contributed by atoms with Crippen molar-refractivity contribution in [1.29, 1.82) is 0 Å². The maximum absolute atomic E-state index is 13.2. The lowest BCUT2D eigenvalue weighted by atomic mass is 9.98. The van der Waals surface area contributed by atoms with Gasteiger partial charge in [0.05, 0.1) is 5.56 Å². The third-order valence-electron chi connectivity index (χ3n) is 3.71. The van der Waals surface area contributed by atoms with Crippen molar-refractivity contribution in [3.63, 3.8) is 0 Å². The van der Waals surface area contributed by atoms with Crippen LogP contribution in [0.3, 0.4) is 0 Å². The molecule has 0 aromatic heterocycles. The largest absolute Gasteiger partial charge is 0.417 e. The molecule has 1 fully saturated rings. The number of anilines is 1. The molecule has 0 saturated carbocycles. The first-order valence-corrected chi connectivity index (χ1v) is 6.77. The molecule has 1 aromatic carbocycles. The number of rotatable bonds is 2. The SMILES string of the molecule is CC1CCCN(c2ccc(/C(N)=N/O)c(C(F)(F)F)c2)C1. The molecule has 116 valence electrons. The van der Waals surface area contributed by atoms with Crippen LogP contribution >= 0.6 is 0 Å². The van der Waals surface area contributed by atoms with Crippen molar-refractivity contribution in [1.82, 2.24) is 0 Å². The van der Waals surface area contributed by atoms with Crippen molar-refractivity contribution in [2.24, 2.45) is 16.8 Å². The van der Waals surface area contributed by atoms with Gasteiger partial charge in [-0.25, -0.2) is 0 Å². The Balaban J connectivity index is 2.42. The fourth-order valence-electron chi connectivity index (χ4n) is 2.66. The zero-order valence-corrected chi connectivity index (χ0v) is 11.7. The fourth-order valence-corrected chi connectivity index (χ4v) is 2.66. The molecule has 21 heavy (non-hydrogen) atoms. The molecule has 0 spiro atoms. The van der Waals surface area contributed by atoms with E-state index in [1.54, 1.807) is 6.07 Å². The van der Waals surface area contributed by atoms with E-state index in [9.17, 15) is 13.2 Å². The number of hydrogen-bond acceptors (Lipinski definition) is 3. The minimum Gasteiger partial charge on any atom is -0.409 e. The van der Waals surface area contributed by atoms with Gasteiger partial charge in [0.15, 0.2) is 5.84 Å². The van der Waals surface area contributed by atoms with Crippen molar-refractivity contribution in [3.8, 4) is 0 Å². The molecule has 1 aliphatic heterocycles. The van der Waals surface area contributed by atoms with Crippen molar-refractivity contribution in [2.45, 2.75) is 25.9 Å². The quantitative estimate of drug-likeness (QED) is 0.382.